The Balaban J connectivity index is 2.83. The van der Waals surface area contributed by atoms with E-state index >= 15 is 0 Å². The van der Waals surface area contributed by atoms with Crippen molar-refractivity contribution in [3.8, 4) is 0 Å². The monoisotopic (exact) mass is 179 g/mol. The molecule has 0 aliphatic heterocycles. The zero-order valence-electron chi connectivity index (χ0n) is 8.17. The van der Waals surface area contributed by atoms with E-state index < -0.39 is 5.92 Å². The van der Waals surface area contributed by atoms with Gasteiger partial charge in [0.05, 0.1) is 5.92 Å². The quantitative estimate of drug-likeness (QED) is 0.576. The number of rotatable bonds is 1. The second kappa shape index (κ2) is 3.44. The van der Waals surface area contributed by atoms with Gasteiger partial charge in [0.15, 0.2) is 0 Å². The highest BCUT2D eigenvalue weighted by atomic mass is 16.2. The molecule has 1 fully saturated rings. The normalized spacial score (nSPS) is 24.2. The first-order valence-corrected chi connectivity index (χ1v) is 4.47. The summed E-state index contributed by atoms with van der Waals surface area (Å²) in [6.07, 6.45) is 4.11. The standard InChI is InChI=1S/C11H15O2/c1-4-5-8-9(12)6-11(2,3)7-10(8)13/h4-5,8H,1,6-7H2,2-3H3. The molecule has 0 heterocycles. The van der Waals surface area contributed by atoms with Gasteiger partial charge in [0.2, 0.25) is 0 Å². The van der Waals surface area contributed by atoms with Crippen LogP contribution in [0.2, 0.25) is 0 Å². The van der Waals surface area contributed by atoms with Crippen LogP contribution >= 0.6 is 0 Å². The van der Waals surface area contributed by atoms with Gasteiger partial charge in [-0.15, -0.1) is 0 Å². The average molecular weight is 179 g/mol. The molecule has 1 aliphatic rings. The number of allylic oxidation sites excluding steroid dienone is 2. The first-order chi connectivity index (χ1) is 5.96. The summed E-state index contributed by atoms with van der Waals surface area (Å²) in [4.78, 5) is 23.0. The molecule has 71 valence electrons. The van der Waals surface area contributed by atoms with Gasteiger partial charge in [-0.3, -0.25) is 9.59 Å². The first kappa shape index (κ1) is 10.2. The van der Waals surface area contributed by atoms with Crippen molar-refractivity contribution in [1.29, 1.82) is 0 Å². The Morgan fingerprint density at radius 2 is 1.77 bits per heavy atom. The minimum atomic E-state index is -0.523. The molecule has 1 rings (SSSR count). The van der Waals surface area contributed by atoms with Crippen LogP contribution in [0.5, 0.6) is 0 Å². The summed E-state index contributed by atoms with van der Waals surface area (Å²) in [5, 5.41) is 0. The van der Waals surface area contributed by atoms with Crippen LogP contribution in [0.15, 0.2) is 12.2 Å². The smallest absolute Gasteiger partial charge is 0.147 e. The second-order valence-corrected chi connectivity index (χ2v) is 4.36. The highest BCUT2D eigenvalue weighted by Crippen LogP contribution is 2.34. The zero-order chi connectivity index (χ0) is 10.1. The summed E-state index contributed by atoms with van der Waals surface area (Å²) in [7, 11) is 0. The van der Waals surface area contributed by atoms with E-state index in [-0.39, 0.29) is 17.0 Å². The Morgan fingerprint density at radius 1 is 1.31 bits per heavy atom. The molecule has 0 amide bonds. The van der Waals surface area contributed by atoms with Gasteiger partial charge in [0.25, 0.3) is 0 Å². The lowest BCUT2D eigenvalue weighted by Gasteiger charge is -2.30. The van der Waals surface area contributed by atoms with Crippen LogP contribution in [-0.2, 0) is 9.59 Å². The molecule has 0 bridgehead atoms. The summed E-state index contributed by atoms with van der Waals surface area (Å²) in [6, 6.07) is 0. The lowest BCUT2D eigenvalue weighted by Crippen LogP contribution is -2.36. The fraction of sp³-hybridized carbons (Fsp3) is 0.545. The van der Waals surface area contributed by atoms with Crippen molar-refractivity contribution in [1.82, 2.24) is 0 Å². The number of hydrogen-bond donors (Lipinski definition) is 0. The molecule has 0 aromatic carbocycles. The van der Waals surface area contributed by atoms with Gasteiger partial charge in [-0.1, -0.05) is 26.0 Å². The maximum absolute atomic E-state index is 11.5. The van der Waals surface area contributed by atoms with Crippen LogP contribution in [0.4, 0.5) is 0 Å². The lowest BCUT2D eigenvalue weighted by atomic mass is 9.71. The van der Waals surface area contributed by atoms with E-state index in [4.69, 9.17) is 0 Å². The molecule has 1 aliphatic carbocycles. The van der Waals surface area contributed by atoms with Crippen LogP contribution in [0.3, 0.4) is 0 Å². The summed E-state index contributed by atoms with van der Waals surface area (Å²) in [5.41, 5.74) is -0.153. The molecular formula is C11H15O2. The molecule has 0 unspecified atom stereocenters. The molecule has 0 atom stereocenters. The minimum absolute atomic E-state index is 0.0288. The third-order valence-corrected chi connectivity index (χ3v) is 2.33. The number of carbonyl (C=O) groups is 2. The Kier molecular flexibility index (Phi) is 2.69. The van der Waals surface area contributed by atoms with Gasteiger partial charge in [-0.2, -0.15) is 0 Å². The predicted octanol–water partition coefficient (Wildman–Crippen LogP) is 1.95. The Bertz CT molecular complexity index is 241. The Labute approximate surface area is 79.0 Å². The van der Waals surface area contributed by atoms with E-state index in [1.807, 2.05) is 13.8 Å². The topological polar surface area (TPSA) is 34.1 Å². The van der Waals surface area contributed by atoms with Crippen LogP contribution in [0, 0.1) is 18.3 Å². The highest BCUT2D eigenvalue weighted by Gasteiger charge is 2.37. The summed E-state index contributed by atoms with van der Waals surface area (Å²) < 4.78 is 0. The van der Waals surface area contributed by atoms with Crippen molar-refractivity contribution >= 4 is 11.6 Å². The van der Waals surface area contributed by atoms with E-state index in [1.165, 1.54) is 6.08 Å². The van der Waals surface area contributed by atoms with Crippen molar-refractivity contribution in [2.24, 2.45) is 11.3 Å². The molecule has 2 nitrogen and oxygen atoms in total. The Morgan fingerprint density at radius 3 is 2.15 bits per heavy atom. The average Bonchev–Trinajstić information content (AvgIpc) is 1.94. The number of hydrogen-bond acceptors (Lipinski definition) is 2. The highest BCUT2D eigenvalue weighted by molar-refractivity contribution is 6.06. The largest absolute Gasteiger partial charge is 0.299 e. The van der Waals surface area contributed by atoms with Crippen molar-refractivity contribution in [3.05, 3.63) is 19.1 Å². The van der Waals surface area contributed by atoms with Crippen LogP contribution in [0.25, 0.3) is 0 Å². The number of carbonyl (C=O) groups excluding carboxylic acids is 2. The van der Waals surface area contributed by atoms with E-state index in [0.29, 0.717) is 12.8 Å². The lowest BCUT2D eigenvalue weighted by molar-refractivity contribution is -0.137. The van der Waals surface area contributed by atoms with E-state index in [0.717, 1.165) is 0 Å². The molecule has 1 saturated carbocycles. The molecule has 0 aromatic rings. The van der Waals surface area contributed by atoms with E-state index in [2.05, 4.69) is 6.92 Å². The van der Waals surface area contributed by atoms with E-state index in [1.54, 1.807) is 6.08 Å². The first-order valence-electron chi connectivity index (χ1n) is 4.47. The van der Waals surface area contributed by atoms with Gasteiger partial charge < -0.3 is 0 Å². The minimum Gasteiger partial charge on any atom is -0.299 e. The molecule has 0 spiro atoms. The second-order valence-electron chi connectivity index (χ2n) is 4.36. The van der Waals surface area contributed by atoms with Crippen molar-refractivity contribution in [2.75, 3.05) is 0 Å². The van der Waals surface area contributed by atoms with Crippen LogP contribution in [-0.4, -0.2) is 11.6 Å². The SMILES string of the molecule is [CH2]C=CC1C(=O)CC(C)(C)CC1=O. The fourth-order valence-corrected chi connectivity index (χ4v) is 1.76. The molecule has 1 radical (unpaired) electrons. The fourth-order valence-electron chi connectivity index (χ4n) is 1.76. The van der Waals surface area contributed by atoms with Gasteiger partial charge in [-0.25, -0.2) is 0 Å². The van der Waals surface area contributed by atoms with Gasteiger partial charge >= 0.3 is 0 Å². The number of Topliss-reactive ketones (excluding diaryl/α,β-unsaturated/α-hetero) is 2. The molecule has 2 heteroatoms. The van der Waals surface area contributed by atoms with Gasteiger partial charge in [-0.05, 0) is 12.3 Å². The van der Waals surface area contributed by atoms with Gasteiger partial charge in [0, 0.05) is 12.8 Å². The zero-order valence-corrected chi connectivity index (χ0v) is 8.17. The van der Waals surface area contributed by atoms with E-state index in [9.17, 15) is 9.59 Å². The van der Waals surface area contributed by atoms with Crippen molar-refractivity contribution < 1.29 is 9.59 Å². The van der Waals surface area contributed by atoms with Crippen molar-refractivity contribution in [3.63, 3.8) is 0 Å². The molecule has 0 aromatic heterocycles. The Hall–Kier alpha value is -0.920. The summed E-state index contributed by atoms with van der Waals surface area (Å²) in [5.74, 6) is -0.465. The third-order valence-electron chi connectivity index (χ3n) is 2.33. The molecule has 0 N–H and O–H groups in total. The van der Waals surface area contributed by atoms with Crippen LogP contribution in [0.1, 0.15) is 26.7 Å². The number of ketones is 2. The molecule has 0 saturated heterocycles. The maximum atomic E-state index is 11.5. The van der Waals surface area contributed by atoms with Crippen molar-refractivity contribution in [2.45, 2.75) is 26.7 Å². The van der Waals surface area contributed by atoms with Crippen LogP contribution < -0.4 is 0 Å². The van der Waals surface area contributed by atoms with Gasteiger partial charge in [0.1, 0.15) is 11.6 Å². The molecular weight excluding hydrogens is 164 g/mol. The maximum Gasteiger partial charge on any atom is 0.147 e. The third kappa shape index (κ3) is 2.27. The molecule has 13 heavy (non-hydrogen) atoms. The summed E-state index contributed by atoms with van der Waals surface area (Å²) in [6.45, 7) is 7.40. The summed E-state index contributed by atoms with van der Waals surface area (Å²) >= 11 is 0. The predicted molar refractivity (Wildman–Crippen MR) is 51.0 cm³/mol.